The summed E-state index contributed by atoms with van der Waals surface area (Å²) in [6.07, 6.45) is 12.2. The second kappa shape index (κ2) is 12.4. The fourth-order valence-electron chi connectivity index (χ4n) is 5.00. The average molecular weight is 547 g/mol. The molecule has 0 spiro atoms. The number of benzene rings is 1. The van der Waals surface area contributed by atoms with Gasteiger partial charge in [0, 0.05) is 18.2 Å². The molecular weight excluding hydrogens is 507 g/mol. The maximum Gasteiger partial charge on any atom is 0.245 e. The number of amides is 3. The number of carbonyl (C=O) groups excluding carboxylic acids is 3. The van der Waals surface area contributed by atoms with Crippen molar-refractivity contribution >= 4 is 34.4 Å². The van der Waals surface area contributed by atoms with Crippen LogP contribution in [0, 0.1) is 17.7 Å². The molecule has 1 aliphatic heterocycles. The van der Waals surface area contributed by atoms with Gasteiger partial charge in [0.15, 0.2) is 0 Å². The van der Waals surface area contributed by atoms with Gasteiger partial charge >= 0.3 is 0 Å². The third-order valence-electron chi connectivity index (χ3n) is 7.85. The topological polar surface area (TPSA) is 122 Å². The van der Waals surface area contributed by atoms with Crippen LogP contribution in [0.5, 0.6) is 0 Å². The fourth-order valence-corrected chi connectivity index (χ4v) is 6.06. The molecule has 4 rings (SSSR count). The molecule has 0 bridgehead atoms. The van der Waals surface area contributed by atoms with Crippen molar-refractivity contribution < 1.29 is 23.0 Å². The fraction of sp³-hybridized carbons (Fsp3) is 0.607. The molecule has 0 aromatic heterocycles. The minimum atomic E-state index is -1.29. The third-order valence-corrected chi connectivity index (χ3v) is 9.54. The second-order valence-electron chi connectivity index (χ2n) is 11.1. The molecule has 3 amide bonds. The first-order chi connectivity index (χ1) is 18.2. The Kier molecular flexibility index (Phi) is 9.23. The molecule has 3 fully saturated rings. The van der Waals surface area contributed by atoms with Crippen molar-refractivity contribution in [3.63, 3.8) is 0 Å². The zero-order valence-corrected chi connectivity index (χ0v) is 22.8. The number of nitrogens with two attached hydrogens (primary N) is 1. The van der Waals surface area contributed by atoms with E-state index >= 15 is 0 Å². The standard InChI is InChI=1S/C28H39FN4O4S/c1-28(14-15-28)38(37)32-26(35)22-17-19(22)9-5-3-2-4-6-12-23(31-21-11-7-10-20(29)18-21)27(36)33-16-8-13-24(33)25(30)34/h5,7,9-11,18-19,22-24,31H,2-4,6,8,12-17H2,1H3,(H2,30,34)(H,32,35)/b9-5-/t19?,22-,23-,24?,38?/m0/s1. The molecule has 1 saturated heterocycles. The number of nitrogens with one attached hydrogen (secondary N) is 2. The van der Waals surface area contributed by atoms with Gasteiger partial charge in [0.05, 0.1) is 4.75 Å². The van der Waals surface area contributed by atoms with Gasteiger partial charge in [0.25, 0.3) is 0 Å². The minimum absolute atomic E-state index is 0.0759. The highest BCUT2D eigenvalue weighted by atomic mass is 32.2. The van der Waals surface area contributed by atoms with E-state index in [1.165, 1.54) is 12.1 Å². The van der Waals surface area contributed by atoms with Gasteiger partial charge in [-0.05, 0) is 82.4 Å². The largest absolute Gasteiger partial charge is 0.374 e. The summed E-state index contributed by atoms with van der Waals surface area (Å²) in [4.78, 5) is 39.0. The van der Waals surface area contributed by atoms with Gasteiger partial charge in [0.2, 0.25) is 17.7 Å². The summed E-state index contributed by atoms with van der Waals surface area (Å²) < 4.78 is 28.3. The molecule has 1 heterocycles. The SMILES string of the molecule is CC1(S(=O)NC(=O)[C@H]2CC2/C=C\CCCCC[C@H](Nc2cccc(F)c2)C(=O)N2CCCC2C(N)=O)CC1. The molecule has 8 nitrogen and oxygen atoms in total. The summed E-state index contributed by atoms with van der Waals surface area (Å²) in [5, 5.41) is 3.17. The molecule has 4 N–H and O–H groups in total. The molecule has 1 aromatic carbocycles. The van der Waals surface area contributed by atoms with E-state index in [1.54, 1.807) is 17.0 Å². The molecule has 5 atom stereocenters. The van der Waals surface area contributed by atoms with E-state index in [9.17, 15) is 23.0 Å². The monoisotopic (exact) mass is 546 g/mol. The Morgan fingerprint density at radius 3 is 2.76 bits per heavy atom. The molecule has 3 unspecified atom stereocenters. The van der Waals surface area contributed by atoms with Crippen LogP contribution in [0.3, 0.4) is 0 Å². The quantitative estimate of drug-likeness (QED) is 0.243. The van der Waals surface area contributed by atoms with Crippen LogP contribution in [-0.4, -0.2) is 50.2 Å². The van der Waals surface area contributed by atoms with Crippen molar-refractivity contribution in [1.82, 2.24) is 9.62 Å². The highest BCUT2D eigenvalue weighted by Crippen LogP contribution is 2.42. The van der Waals surface area contributed by atoms with Crippen LogP contribution in [0.4, 0.5) is 10.1 Å². The van der Waals surface area contributed by atoms with Gasteiger partial charge in [-0.3, -0.25) is 19.1 Å². The Hall–Kier alpha value is -2.75. The van der Waals surface area contributed by atoms with E-state index < -0.39 is 29.0 Å². The molecule has 2 saturated carbocycles. The zero-order valence-electron chi connectivity index (χ0n) is 22.0. The van der Waals surface area contributed by atoms with Crippen molar-refractivity contribution in [1.29, 1.82) is 0 Å². The Bertz CT molecular complexity index is 1090. The van der Waals surface area contributed by atoms with Crippen LogP contribution in [0.1, 0.15) is 71.1 Å². The second-order valence-corrected chi connectivity index (χ2v) is 12.8. The molecule has 0 radical (unpaired) electrons. The zero-order chi connectivity index (χ0) is 27.3. The van der Waals surface area contributed by atoms with Crippen molar-refractivity contribution in [3.8, 4) is 0 Å². The van der Waals surface area contributed by atoms with Crippen LogP contribution < -0.4 is 15.8 Å². The van der Waals surface area contributed by atoms with Crippen LogP contribution in [-0.2, 0) is 25.4 Å². The number of allylic oxidation sites excluding steroid dienone is 2. The van der Waals surface area contributed by atoms with E-state index in [0.717, 1.165) is 51.4 Å². The Morgan fingerprint density at radius 2 is 2.05 bits per heavy atom. The molecule has 38 heavy (non-hydrogen) atoms. The summed E-state index contributed by atoms with van der Waals surface area (Å²) in [5.74, 6) is -1.02. The summed E-state index contributed by atoms with van der Waals surface area (Å²) in [5.41, 5.74) is 6.04. The number of primary amides is 1. The molecule has 1 aromatic rings. The molecule has 2 aliphatic carbocycles. The number of hydrogen-bond acceptors (Lipinski definition) is 5. The van der Waals surface area contributed by atoms with Crippen LogP contribution >= 0.6 is 0 Å². The van der Waals surface area contributed by atoms with Gasteiger partial charge < -0.3 is 16.0 Å². The highest BCUT2D eigenvalue weighted by Gasteiger charge is 2.47. The van der Waals surface area contributed by atoms with Crippen molar-refractivity contribution in [2.24, 2.45) is 17.6 Å². The van der Waals surface area contributed by atoms with E-state index in [-0.39, 0.29) is 34.2 Å². The van der Waals surface area contributed by atoms with E-state index in [4.69, 9.17) is 5.73 Å². The van der Waals surface area contributed by atoms with Crippen molar-refractivity contribution in [2.45, 2.75) is 88.0 Å². The van der Waals surface area contributed by atoms with Crippen molar-refractivity contribution in [3.05, 3.63) is 42.2 Å². The summed E-state index contributed by atoms with van der Waals surface area (Å²) >= 11 is 0. The smallest absolute Gasteiger partial charge is 0.245 e. The lowest BCUT2D eigenvalue weighted by Gasteiger charge is -2.28. The maximum atomic E-state index is 13.7. The Morgan fingerprint density at radius 1 is 1.26 bits per heavy atom. The summed E-state index contributed by atoms with van der Waals surface area (Å²) in [6.45, 7) is 2.43. The number of rotatable bonds is 14. The molecule has 3 aliphatic rings. The minimum Gasteiger partial charge on any atom is -0.374 e. The number of halogens is 1. The third kappa shape index (κ3) is 7.42. The Labute approximate surface area is 226 Å². The van der Waals surface area contributed by atoms with Crippen molar-refractivity contribution in [2.75, 3.05) is 11.9 Å². The van der Waals surface area contributed by atoms with Crippen LogP contribution in [0.25, 0.3) is 0 Å². The predicted molar refractivity (Wildman–Crippen MR) is 145 cm³/mol. The van der Waals surface area contributed by atoms with Gasteiger partial charge in [0.1, 0.15) is 28.9 Å². The maximum absolute atomic E-state index is 13.7. The number of carbonyl (C=O) groups is 3. The van der Waals surface area contributed by atoms with Gasteiger partial charge in [-0.15, -0.1) is 0 Å². The number of nitrogens with zero attached hydrogens (tertiary/aromatic N) is 1. The Balaban J connectivity index is 1.20. The van der Waals surface area contributed by atoms with Gasteiger partial charge in [-0.1, -0.05) is 31.1 Å². The summed E-state index contributed by atoms with van der Waals surface area (Å²) in [6, 6.07) is 4.87. The summed E-state index contributed by atoms with van der Waals surface area (Å²) in [7, 11) is -1.29. The molecule has 208 valence electrons. The average Bonchev–Trinajstić information content (AvgIpc) is 3.77. The first-order valence-corrected chi connectivity index (χ1v) is 14.8. The van der Waals surface area contributed by atoms with Gasteiger partial charge in [-0.25, -0.2) is 8.60 Å². The predicted octanol–water partition coefficient (Wildman–Crippen LogP) is 3.56. The lowest BCUT2D eigenvalue weighted by atomic mass is 10.0. The number of anilines is 1. The molecule has 10 heteroatoms. The lowest BCUT2D eigenvalue weighted by molar-refractivity contribution is -0.138. The molecular formula is C28H39FN4O4S. The number of unbranched alkanes of at least 4 members (excludes halogenated alkanes) is 3. The first-order valence-electron chi connectivity index (χ1n) is 13.7. The van der Waals surface area contributed by atoms with Gasteiger partial charge in [-0.2, -0.15) is 0 Å². The first kappa shape index (κ1) is 28.3. The van der Waals surface area contributed by atoms with E-state index in [2.05, 4.69) is 22.2 Å². The number of hydrogen-bond donors (Lipinski definition) is 3. The van der Waals surface area contributed by atoms with Crippen LogP contribution in [0.15, 0.2) is 36.4 Å². The van der Waals surface area contributed by atoms with E-state index in [0.29, 0.717) is 25.1 Å². The number of likely N-dealkylation sites (tertiary alicyclic amines) is 1. The van der Waals surface area contributed by atoms with E-state index in [1.807, 2.05) is 6.92 Å². The van der Waals surface area contributed by atoms with Crippen LogP contribution in [0.2, 0.25) is 0 Å². The highest BCUT2D eigenvalue weighted by molar-refractivity contribution is 7.85. The lowest BCUT2D eigenvalue weighted by Crippen LogP contribution is -2.49. The normalized spacial score (nSPS) is 25.1.